The van der Waals surface area contributed by atoms with Gasteiger partial charge in [-0.3, -0.25) is 9.79 Å². The fraction of sp³-hybridized carbons (Fsp3) is 0.231. The second-order valence-corrected chi connectivity index (χ2v) is 8.69. The van der Waals surface area contributed by atoms with Crippen LogP contribution in [0.15, 0.2) is 83.1 Å². The number of nitrogen functional groups attached to an aromatic ring is 1. The molecule has 0 heterocycles. The number of benzene rings is 3. The number of aliphatic hydroxyl groups is 1. The van der Waals surface area contributed by atoms with Gasteiger partial charge in [-0.25, -0.2) is 0 Å². The van der Waals surface area contributed by atoms with Crippen LogP contribution in [0, 0.1) is 5.41 Å². The number of hydrogen-bond acceptors (Lipinski definition) is 4. The van der Waals surface area contributed by atoms with Gasteiger partial charge in [0.15, 0.2) is 5.78 Å². The molecule has 1 aliphatic carbocycles. The van der Waals surface area contributed by atoms with Crippen LogP contribution in [0.4, 0.5) is 11.4 Å². The smallest absolute Gasteiger partial charge is 0.168 e. The molecule has 1 saturated carbocycles. The summed E-state index contributed by atoms with van der Waals surface area (Å²) in [7, 11) is 0. The summed E-state index contributed by atoms with van der Waals surface area (Å²) in [6.45, 7) is 4.10. The minimum absolute atomic E-state index is 0.0695. The van der Waals surface area contributed by atoms with Gasteiger partial charge >= 0.3 is 0 Å². The third-order valence-electron chi connectivity index (χ3n) is 5.57. The molecule has 30 heavy (non-hydrogen) atoms. The van der Waals surface area contributed by atoms with Crippen LogP contribution < -0.4 is 5.73 Å². The SMILES string of the molecule is CC1(C)CC(=O)/C(=C(/O)Cc2cccc3ccccc23)C(=Nc2ccccc2N)C1. The van der Waals surface area contributed by atoms with E-state index >= 15 is 0 Å². The topological polar surface area (TPSA) is 75.7 Å². The number of ketones is 1. The number of carbonyl (C=O) groups is 1. The van der Waals surface area contributed by atoms with E-state index in [2.05, 4.69) is 0 Å². The summed E-state index contributed by atoms with van der Waals surface area (Å²) in [4.78, 5) is 17.8. The molecule has 0 amide bonds. The Labute approximate surface area is 176 Å². The third kappa shape index (κ3) is 3.99. The molecule has 152 valence electrons. The van der Waals surface area contributed by atoms with Crippen molar-refractivity contribution >= 4 is 33.6 Å². The van der Waals surface area contributed by atoms with Crippen LogP contribution >= 0.6 is 0 Å². The number of aliphatic imine (C=N–C) groups is 1. The van der Waals surface area contributed by atoms with Crippen molar-refractivity contribution in [3.05, 3.63) is 83.6 Å². The highest BCUT2D eigenvalue weighted by molar-refractivity contribution is 6.25. The Morgan fingerprint density at radius 3 is 2.50 bits per heavy atom. The second-order valence-electron chi connectivity index (χ2n) is 8.69. The first-order chi connectivity index (χ1) is 14.3. The van der Waals surface area contributed by atoms with Crippen LogP contribution in [-0.4, -0.2) is 16.6 Å². The second kappa shape index (κ2) is 7.79. The van der Waals surface area contributed by atoms with Crippen molar-refractivity contribution < 1.29 is 9.90 Å². The first-order valence-corrected chi connectivity index (χ1v) is 10.2. The molecule has 0 aromatic heterocycles. The van der Waals surface area contributed by atoms with Gasteiger partial charge in [0.05, 0.1) is 22.7 Å². The van der Waals surface area contributed by atoms with Crippen molar-refractivity contribution in [3.8, 4) is 0 Å². The molecule has 4 heteroatoms. The van der Waals surface area contributed by atoms with Gasteiger partial charge in [-0.05, 0) is 40.3 Å². The first kappa shape index (κ1) is 19.9. The average molecular weight is 399 g/mol. The molecule has 0 spiro atoms. The molecule has 0 saturated heterocycles. The Morgan fingerprint density at radius 1 is 1.00 bits per heavy atom. The third-order valence-corrected chi connectivity index (χ3v) is 5.57. The highest BCUT2D eigenvalue weighted by atomic mass is 16.3. The van der Waals surface area contributed by atoms with Crippen LogP contribution in [-0.2, 0) is 11.2 Å². The molecule has 1 aliphatic rings. The molecule has 0 bridgehead atoms. The molecule has 3 aromatic rings. The minimum atomic E-state index is -0.220. The van der Waals surface area contributed by atoms with E-state index in [-0.39, 0.29) is 23.4 Å². The maximum Gasteiger partial charge on any atom is 0.168 e. The quantitative estimate of drug-likeness (QED) is 0.326. The number of nitrogens with zero attached hydrogens (tertiary/aromatic N) is 1. The molecule has 3 aromatic carbocycles. The lowest BCUT2D eigenvalue weighted by molar-refractivity contribution is -0.117. The van der Waals surface area contributed by atoms with Crippen molar-refractivity contribution in [3.63, 3.8) is 0 Å². The van der Waals surface area contributed by atoms with Gasteiger partial charge in [-0.2, -0.15) is 0 Å². The number of allylic oxidation sites excluding steroid dienone is 2. The molecular weight excluding hydrogens is 372 g/mol. The number of carbonyl (C=O) groups excluding carboxylic acids is 1. The van der Waals surface area contributed by atoms with E-state index in [9.17, 15) is 9.90 Å². The average Bonchev–Trinajstić information content (AvgIpc) is 2.69. The maximum atomic E-state index is 13.1. The lowest BCUT2D eigenvalue weighted by Crippen LogP contribution is -2.32. The zero-order valence-corrected chi connectivity index (χ0v) is 17.4. The summed E-state index contributed by atoms with van der Waals surface area (Å²) in [5.41, 5.74) is 8.95. The summed E-state index contributed by atoms with van der Waals surface area (Å²) >= 11 is 0. The highest BCUT2D eigenvalue weighted by Crippen LogP contribution is 2.37. The number of rotatable bonds is 3. The normalized spacial score (nSPS) is 19.3. The Kier molecular flexibility index (Phi) is 5.17. The van der Waals surface area contributed by atoms with Gasteiger partial charge in [-0.1, -0.05) is 68.4 Å². The van der Waals surface area contributed by atoms with Crippen molar-refractivity contribution in [2.45, 2.75) is 33.1 Å². The van der Waals surface area contributed by atoms with E-state index in [1.54, 1.807) is 6.07 Å². The highest BCUT2D eigenvalue weighted by Gasteiger charge is 2.36. The van der Waals surface area contributed by atoms with Crippen LogP contribution in [0.2, 0.25) is 0 Å². The number of hydrogen-bond donors (Lipinski definition) is 2. The summed E-state index contributed by atoms with van der Waals surface area (Å²) in [5, 5.41) is 13.3. The van der Waals surface area contributed by atoms with Crippen molar-refractivity contribution in [2.24, 2.45) is 10.4 Å². The molecule has 0 aliphatic heterocycles. The van der Waals surface area contributed by atoms with Crippen LogP contribution in [0.3, 0.4) is 0 Å². The zero-order chi connectivity index (χ0) is 21.3. The number of para-hydroxylation sites is 2. The first-order valence-electron chi connectivity index (χ1n) is 10.2. The predicted molar refractivity (Wildman–Crippen MR) is 123 cm³/mol. The van der Waals surface area contributed by atoms with E-state index in [1.807, 2.05) is 74.5 Å². The summed E-state index contributed by atoms with van der Waals surface area (Å²) in [6.07, 6.45) is 1.26. The van der Waals surface area contributed by atoms with E-state index in [4.69, 9.17) is 10.7 Å². The lowest BCUT2D eigenvalue weighted by Gasteiger charge is -2.31. The van der Waals surface area contributed by atoms with E-state index < -0.39 is 0 Å². The molecule has 4 rings (SSSR count). The van der Waals surface area contributed by atoms with Gasteiger partial charge in [0, 0.05) is 12.8 Å². The van der Waals surface area contributed by atoms with Crippen LogP contribution in [0.5, 0.6) is 0 Å². The van der Waals surface area contributed by atoms with Gasteiger partial charge in [0.25, 0.3) is 0 Å². The lowest BCUT2D eigenvalue weighted by atomic mass is 9.73. The Morgan fingerprint density at radius 2 is 1.70 bits per heavy atom. The van der Waals surface area contributed by atoms with E-state index in [0.717, 1.165) is 16.3 Å². The Bertz CT molecular complexity index is 1180. The number of fused-ring (bicyclic) bond motifs is 1. The molecular formula is C26H26N2O2. The summed E-state index contributed by atoms with van der Waals surface area (Å²) in [6, 6.07) is 21.4. The zero-order valence-electron chi connectivity index (χ0n) is 17.4. The van der Waals surface area contributed by atoms with Crippen molar-refractivity contribution in [2.75, 3.05) is 5.73 Å². The largest absolute Gasteiger partial charge is 0.511 e. The van der Waals surface area contributed by atoms with Gasteiger partial charge in [0.2, 0.25) is 0 Å². The Balaban J connectivity index is 1.81. The molecule has 3 N–H and O–H groups in total. The molecule has 0 atom stereocenters. The van der Waals surface area contributed by atoms with Gasteiger partial charge in [-0.15, -0.1) is 0 Å². The number of Topliss-reactive ketones (excluding diaryl/α,β-unsaturated/α-hetero) is 1. The van der Waals surface area contributed by atoms with E-state index in [0.29, 0.717) is 35.5 Å². The molecule has 0 unspecified atom stereocenters. The van der Waals surface area contributed by atoms with Gasteiger partial charge in [0.1, 0.15) is 5.76 Å². The van der Waals surface area contributed by atoms with Crippen LogP contribution in [0.1, 0.15) is 32.3 Å². The number of nitrogens with two attached hydrogens (primary N) is 1. The number of anilines is 1. The van der Waals surface area contributed by atoms with Crippen molar-refractivity contribution in [1.29, 1.82) is 0 Å². The number of aliphatic hydroxyl groups excluding tert-OH is 1. The van der Waals surface area contributed by atoms with Crippen molar-refractivity contribution in [1.82, 2.24) is 0 Å². The summed E-state index contributed by atoms with van der Waals surface area (Å²) in [5.74, 6) is -0.00246. The van der Waals surface area contributed by atoms with Gasteiger partial charge < -0.3 is 10.8 Å². The fourth-order valence-corrected chi connectivity index (χ4v) is 4.16. The molecule has 0 radical (unpaired) electrons. The predicted octanol–water partition coefficient (Wildman–Crippen LogP) is 5.94. The van der Waals surface area contributed by atoms with E-state index in [1.165, 1.54) is 0 Å². The molecule has 4 nitrogen and oxygen atoms in total. The monoisotopic (exact) mass is 398 g/mol. The summed E-state index contributed by atoms with van der Waals surface area (Å²) < 4.78 is 0. The Hall–Kier alpha value is -3.40. The standard InChI is InChI=1S/C26H26N2O2/c1-26(2)15-22(28-21-13-6-5-12-20(21)27)25(24(30)16-26)23(29)14-18-10-7-9-17-8-3-4-11-19(17)18/h3-13,29H,14-16,27H2,1-2H3/b25-23+,28-22?. The maximum absolute atomic E-state index is 13.1. The fourth-order valence-electron chi connectivity index (χ4n) is 4.16. The minimum Gasteiger partial charge on any atom is -0.511 e. The molecule has 1 fully saturated rings. The van der Waals surface area contributed by atoms with Crippen LogP contribution in [0.25, 0.3) is 10.8 Å².